The lowest BCUT2D eigenvalue weighted by molar-refractivity contribution is 0.403. The molecule has 0 aromatic heterocycles. The number of thioether (sulfide) groups is 1. The van der Waals surface area contributed by atoms with Crippen LogP contribution in [0.25, 0.3) is 0 Å². The largest absolute Gasteiger partial charge is 0.496 e. The molecule has 2 nitrogen and oxygen atoms in total. The molecule has 0 spiro atoms. The molecule has 0 bridgehead atoms. The maximum absolute atomic E-state index is 5.92. The Morgan fingerprint density at radius 3 is 2.52 bits per heavy atom. The number of rotatable bonds is 7. The standard InChI is InChI=1S/C17H20ClNOS/c1-3-19-16(15-6-4-5-7-17(15)20-2)12-21-14-10-8-13(18)9-11-14/h4-11,16,19H,3,12H2,1-2H3. The van der Waals surface area contributed by atoms with Crippen molar-refractivity contribution >= 4 is 23.4 Å². The summed E-state index contributed by atoms with van der Waals surface area (Å²) in [6, 6.07) is 16.4. The summed E-state index contributed by atoms with van der Waals surface area (Å²) in [6.45, 7) is 3.04. The molecule has 0 radical (unpaired) electrons. The molecule has 1 atom stereocenters. The van der Waals surface area contributed by atoms with Crippen molar-refractivity contribution in [2.45, 2.75) is 17.9 Å². The number of ether oxygens (including phenoxy) is 1. The summed E-state index contributed by atoms with van der Waals surface area (Å²) in [4.78, 5) is 1.22. The Hall–Kier alpha value is -1.16. The molecule has 112 valence electrons. The number of hydrogen-bond donors (Lipinski definition) is 1. The van der Waals surface area contributed by atoms with Crippen LogP contribution in [0.1, 0.15) is 18.5 Å². The summed E-state index contributed by atoms with van der Waals surface area (Å²) in [5.41, 5.74) is 1.20. The number of hydrogen-bond acceptors (Lipinski definition) is 3. The van der Waals surface area contributed by atoms with Crippen LogP contribution in [0.3, 0.4) is 0 Å². The highest BCUT2D eigenvalue weighted by Crippen LogP contribution is 2.30. The van der Waals surface area contributed by atoms with E-state index in [9.17, 15) is 0 Å². The van der Waals surface area contributed by atoms with Gasteiger partial charge in [0.1, 0.15) is 5.75 Å². The van der Waals surface area contributed by atoms with E-state index >= 15 is 0 Å². The number of halogens is 1. The smallest absolute Gasteiger partial charge is 0.123 e. The van der Waals surface area contributed by atoms with Crippen molar-refractivity contribution in [3.8, 4) is 5.75 Å². The van der Waals surface area contributed by atoms with Gasteiger partial charge in [-0.25, -0.2) is 0 Å². The van der Waals surface area contributed by atoms with Gasteiger partial charge in [0.25, 0.3) is 0 Å². The first kappa shape index (κ1) is 16.2. The van der Waals surface area contributed by atoms with Gasteiger partial charge in [0.15, 0.2) is 0 Å². The minimum atomic E-state index is 0.256. The molecule has 0 aliphatic carbocycles. The van der Waals surface area contributed by atoms with Crippen LogP contribution >= 0.6 is 23.4 Å². The molecule has 2 rings (SSSR count). The number of methoxy groups -OCH3 is 1. The van der Waals surface area contributed by atoms with Crippen molar-refractivity contribution in [2.75, 3.05) is 19.4 Å². The van der Waals surface area contributed by atoms with Gasteiger partial charge in [-0.3, -0.25) is 0 Å². The molecular weight excluding hydrogens is 302 g/mol. The highest BCUT2D eigenvalue weighted by molar-refractivity contribution is 7.99. The Kier molecular flexibility index (Phi) is 6.43. The van der Waals surface area contributed by atoms with Crippen LogP contribution in [-0.2, 0) is 0 Å². The molecular formula is C17H20ClNOS. The Morgan fingerprint density at radius 2 is 1.86 bits per heavy atom. The molecule has 1 N–H and O–H groups in total. The summed E-state index contributed by atoms with van der Waals surface area (Å²) in [5.74, 6) is 1.87. The molecule has 2 aromatic rings. The third kappa shape index (κ3) is 4.67. The van der Waals surface area contributed by atoms with Crippen molar-refractivity contribution in [3.05, 3.63) is 59.1 Å². The van der Waals surface area contributed by atoms with Crippen LogP contribution in [0.15, 0.2) is 53.4 Å². The fraction of sp³-hybridized carbons (Fsp3) is 0.294. The first-order valence-corrected chi connectivity index (χ1v) is 8.35. The lowest BCUT2D eigenvalue weighted by atomic mass is 10.1. The van der Waals surface area contributed by atoms with E-state index in [0.717, 1.165) is 23.1 Å². The Labute approximate surface area is 135 Å². The predicted octanol–water partition coefficient (Wildman–Crippen LogP) is 4.79. The third-order valence-corrected chi connectivity index (χ3v) is 4.55. The lowest BCUT2D eigenvalue weighted by Crippen LogP contribution is -2.23. The zero-order valence-electron chi connectivity index (χ0n) is 12.3. The second-order valence-electron chi connectivity index (χ2n) is 4.62. The Balaban J connectivity index is 2.10. The quantitative estimate of drug-likeness (QED) is 0.741. The normalized spacial score (nSPS) is 12.1. The molecule has 2 aromatic carbocycles. The first-order valence-electron chi connectivity index (χ1n) is 6.99. The molecule has 1 unspecified atom stereocenters. The molecule has 4 heteroatoms. The van der Waals surface area contributed by atoms with Crippen LogP contribution in [0.2, 0.25) is 5.02 Å². The van der Waals surface area contributed by atoms with E-state index in [1.807, 2.05) is 36.0 Å². The predicted molar refractivity (Wildman–Crippen MR) is 91.6 cm³/mol. The second kappa shape index (κ2) is 8.32. The lowest BCUT2D eigenvalue weighted by Gasteiger charge is -2.20. The summed E-state index contributed by atoms with van der Waals surface area (Å²) in [7, 11) is 1.72. The van der Waals surface area contributed by atoms with Gasteiger partial charge in [0.2, 0.25) is 0 Å². The maximum atomic E-state index is 5.92. The van der Waals surface area contributed by atoms with E-state index in [-0.39, 0.29) is 6.04 Å². The van der Waals surface area contributed by atoms with Gasteiger partial charge in [0, 0.05) is 27.3 Å². The van der Waals surface area contributed by atoms with Crippen molar-refractivity contribution in [1.29, 1.82) is 0 Å². The van der Waals surface area contributed by atoms with Gasteiger partial charge >= 0.3 is 0 Å². The van der Waals surface area contributed by atoms with E-state index in [4.69, 9.17) is 16.3 Å². The van der Waals surface area contributed by atoms with E-state index in [1.54, 1.807) is 7.11 Å². The van der Waals surface area contributed by atoms with Crippen molar-refractivity contribution in [2.24, 2.45) is 0 Å². The number of benzene rings is 2. The number of nitrogens with one attached hydrogen (secondary N) is 1. The topological polar surface area (TPSA) is 21.3 Å². The molecule has 0 amide bonds. The maximum Gasteiger partial charge on any atom is 0.123 e. The second-order valence-corrected chi connectivity index (χ2v) is 6.15. The van der Waals surface area contributed by atoms with Gasteiger partial charge in [-0.05, 0) is 36.9 Å². The fourth-order valence-corrected chi connectivity index (χ4v) is 3.28. The van der Waals surface area contributed by atoms with E-state index in [2.05, 4.69) is 36.5 Å². The van der Waals surface area contributed by atoms with Gasteiger partial charge < -0.3 is 10.1 Å². The highest BCUT2D eigenvalue weighted by atomic mass is 35.5. The average molecular weight is 322 g/mol. The van der Waals surface area contributed by atoms with Crippen molar-refractivity contribution < 1.29 is 4.74 Å². The van der Waals surface area contributed by atoms with E-state index < -0.39 is 0 Å². The van der Waals surface area contributed by atoms with Crippen LogP contribution in [-0.4, -0.2) is 19.4 Å². The van der Waals surface area contributed by atoms with Crippen LogP contribution in [0.5, 0.6) is 5.75 Å². The SMILES string of the molecule is CCNC(CSc1ccc(Cl)cc1)c1ccccc1OC. The summed E-state index contributed by atoms with van der Waals surface area (Å²) >= 11 is 7.74. The molecule has 0 aliphatic heterocycles. The molecule has 21 heavy (non-hydrogen) atoms. The zero-order valence-corrected chi connectivity index (χ0v) is 13.9. The van der Waals surface area contributed by atoms with Crippen LogP contribution in [0.4, 0.5) is 0 Å². The average Bonchev–Trinajstić information content (AvgIpc) is 2.53. The van der Waals surface area contributed by atoms with Gasteiger partial charge in [0.05, 0.1) is 7.11 Å². The Morgan fingerprint density at radius 1 is 1.14 bits per heavy atom. The van der Waals surface area contributed by atoms with Gasteiger partial charge in [-0.15, -0.1) is 11.8 Å². The minimum absolute atomic E-state index is 0.256. The van der Waals surface area contributed by atoms with Gasteiger partial charge in [-0.1, -0.05) is 36.7 Å². The first-order chi connectivity index (χ1) is 10.2. The molecule has 0 saturated heterocycles. The van der Waals surface area contributed by atoms with E-state index in [0.29, 0.717) is 0 Å². The van der Waals surface area contributed by atoms with Crippen molar-refractivity contribution in [1.82, 2.24) is 5.32 Å². The monoisotopic (exact) mass is 321 g/mol. The van der Waals surface area contributed by atoms with Crippen LogP contribution < -0.4 is 10.1 Å². The Bertz CT molecular complexity index is 559. The highest BCUT2D eigenvalue weighted by Gasteiger charge is 2.15. The minimum Gasteiger partial charge on any atom is -0.496 e. The zero-order chi connectivity index (χ0) is 15.1. The van der Waals surface area contributed by atoms with Crippen molar-refractivity contribution in [3.63, 3.8) is 0 Å². The molecule has 0 fully saturated rings. The molecule has 0 heterocycles. The molecule has 0 aliphatic rings. The fourth-order valence-electron chi connectivity index (χ4n) is 2.17. The summed E-state index contributed by atoms with van der Waals surface area (Å²) in [5, 5.41) is 4.30. The van der Waals surface area contributed by atoms with Crippen LogP contribution in [0, 0.1) is 0 Å². The third-order valence-electron chi connectivity index (χ3n) is 3.20. The molecule has 0 saturated carbocycles. The summed E-state index contributed by atoms with van der Waals surface area (Å²) < 4.78 is 5.47. The number of para-hydroxylation sites is 1. The van der Waals surface area contributed by atoms with E-state index in [1.165, 1.54) is 10.5 Å². The van der Waals surface area contributed by atoms with Gasteiger partial charge in [-0.2, -0.15) is 0 Å². The summed E-state index contributed by atoms with van der Waals surface area (Å²) in [6.07, 6.45) is 0.